The van der Waals surface area contributed by atoms with Crippen LogP contribution in [-0.4, -0.2) is 0 Å². The van der Waals surface area contributed by atoms with Gasteiger partial charge in [-0.05, 0) is 104 Å². The molecule has 2 aromatic rings. The van der Waals surface area contributed by atoms with E-state index in [0.717, 1.165) is 49.7 Å². The van der Waals surface area contributed by atoms with E-state index >= 15 is 0 Å². The van der Waals surface area contributed by atoms with Crippen molar-refractivity contribution in [1.82, 2.24) is 0 Å². The highest BCUT2D eigenvalue weighted by Gasteiger charge is 2.48. The summed E-state index contributed by atoms with van der Waals surface area (Å²) in [5.41, 5.74) is 7.16. The quantitative estimate of drug-likeness (QED) is 0.340. The number of fused-ring (bicyclic) bond motifs is 3. The molecule has 3 saturated carbocycles. The summed E-state index contributed by atoms with van der Waals surface area (Å²) in [5.74, 6) is 0. The summed E-state index contributed by atoms with van der Waals surface area (Å²) in [7, 11) is 0. The van der Waals surface area contributed by atoms with Gasteiger partial charge in [0, 0.05) is 0 Å². The Balaban J connectivity index is 1.42. The standard InChI is InChI=1S/C32H40N2/c1-3-5-6-7-26-12-13-27(30(24-34)29(26)23-33)11-8-25-9-14-28(15-10-25)32-20-17-31(16-4-2,18-21-32)19-22-32/h9-10,12-15H,3-8,11,16-22H2,1-2H3. The van der Waals surface area contributed by atoms with E-state index in [4.69, 9.17) is 0 Å². The predicted octanol–water partition coefficient (Wildman–Crippen LogP) is 8.34. The molecule has 2 bridgehead atoms. The summed E-state index contributed by atoms with van der Waals surface area (Å²) < 4.78 is 0. The maximum atomic E-state index is 9.81. The first-order valence-electron chi connectivity index (χ1n) is 13.6. The average Bonchev–Trinajstić information content (AvgIpc) is 2.89. The molecule has 0 saturated heterocycles. The van der Waals surface area contributed by atoms with Gasteiger partial charge >= 0.3 is 0 Å². The average molecular weight is 453 g/mol. The molecule has 34 heavy (non-hydrogen) atoms. The lowest BCUT2D eigenvalue weighted by atomic mass is 9.51. The van der Waals surface area contributed by atoms with Gasteiger partial charge in [0.15, 0.2) is 0 Å². The van der Waals surface area contributed by atoms with Gasteiger partial charge in [0.1, 0.15) is 12.1 Å². The van der Waals surface area contributed by atoms with Gasteiger partial charge in [-0.15, -0.1) is 0 Å². The summed E-state index contributed by atoms with van der Waals surface area (Å²) in [4.78, 5) is 0. The zero-order valence-electron chi connectivity index (χ0n) is 21.3. The van der Waals surface area contributed by atoms with E-state index in [9.17, 15) is 10.5 Å². The number of hydrogen-bond acceptors (Lipinski definition) is 2. The van der Waals surface area contributed by atoms with Gasteiger partial charge in [0.2, 0.25) is 0 Å². The van der Waals surface area contributed by atoms with E-state index in [1.54, 1.807) is 5.56 Å². The van der Waals surface area contributed by atoms with Crippen LogP contribution in [0.4, 0.5) is 0 Å². The SMILES string of the molecule is CCCCCc1ccc(CCc2ccc(C34CCC(CCC)(CC3)CC4)cc2)c(C#N)c1C#N. The fourth-order valence-corrected chi connectivity index (χ4v) is 6.83. The molecule has 178 valence electrons. The zero-order chi connectivity index (χ0) is 24.0. The van der Waals surface area contributed by atoms with Crippen LogP contribution in [0.2, 0.25) is 0 Å². The molecule has 0 spiro atoms. The van der Waals surface area contributed by atoms with Gasteiger partial charge in [0.05, 0.1) is 11.1 Å². The molecule has 0 N–H and O–H groups in total. The Labute approximate surface area is 207 Å². The molecule has 0 heterocycles. The lowest BCUT2D eigenvalue weighted by Crippen LogP contribution is -2.44. The second-order valence-electron chi connectivity index (χ2n) is 11.0. The molecule has 0 amide bonds. The lowest BCUT2D eigenvalue weighted by molar-refractivity contribution is 0.0320. The molecular formula is C32H40N2. The highest BCUT2D eigenvalue weighted by Crippen LogP contribution is 2.59. The number of nitrogens with zero attached hydrogens (tertiary/aromatic N) is 2. The Morgan fingerprint density at radius 3 is 1.79 bits per heavy atom. The lowest BCUT2D eigenvalue weighted by Gasteiger charge is -2.54. The van der Waals surface area contributed by atoms with Crippen LogP contribution < -0.4 is 0 Å². The van der Waals surface area contributed by atoms with Crippen LogP contribution in [0.5, 0.6) is 0 Å². The Kier molecular flexibility index (Phi) is 7.78. The number of benzene rings is 2. The third kappa shape index (κ3) is 4.93. The van der Waals surface area contributed by atoms with E-state index in [1.165, 1.54) is 56.9 Å². The normalized spacial score (nSPS) is 23.4. The molecule has 0 unspecified atom stereocenters. The molecule has 0 radical (unpaired) electrons. The molecule has 3 aliphatic rings. The van der Waals surface area contributed by atoms with Crippen molar-refractivity contribution >= 4 is 0 Å². The highest BCUT2D eigenvalue weighted by molar-refractivity contribution is 5.55. The van der Waals surface area contributed by atoms with Gasteiger partial charge in [-0.1, -0.05) is 69.5 Å². The zero-order valence-corrected chi connectivity index (χ0v) is 21.3. The first-order valence-corrected chi connectivity index (χ1v) is 13.6. The first kappa shape index (κ1) is 24.5. The molecule has 0 atom stereocenters. The Hall–Kier alpha value is -2.58. The minimum Gasteiger partial charge on any atom is -0.192 e. The molecule has 0 aromatic heterocycles. The molecule has 5 rings (SSSR count). The third-order valence-corrected chi connectivity index (χ3v) is 9.08. The molecule has 2 heteroatoms. The van der Waals surface area contributed by atoms with Crippen LogP contribution >= 0.6 is 0 Å². The Morgan fingerprint density at radius 2 is 1.26 bits per heavy atom. The molecule has 0 aliphatic heterocycles. The van der Waals surface area contributed by atoms with Crippen LogP contribution in [0.3, 0.4) is 0 Å². The predicted molar refractivity (Wildman–Crippen MR) is 140 cm³/mol. The molecular weight excluding hydrogens is 412 g/mol. The van der Waals surface area contributed by atoms with Crippen molar-refractivity contribution < 1.29 is 0 Å². The van der Waals surface area contributed by atoms with Crippen LogP contribution in [0.15, 0.2) is 36.4 Å². The number of nitriles is 2. The highest BCUT2D eigenvalue weighted by atomic mass is 14.5. The summed E-state index contributed by atoms with van der Waals surface area (Å²) in [6.45, 7) is 4.52. The number of rotatable bonds is 10. The molecule has 3 aliphatic carbocycles. The summed E-state index contributed by atoms with van der Waals surface area (Å²) in [5, 5.41) is 19.6. The summed E-state index contributed by atoms with van der Waals surface area (Å²) in [6, 6.07) is 18.2. The second kappa shape index (κ2) is 10.8. The van der Waals surface area contributed by atoms with Crippen molar-refractivity contribution in [2.75, 3.05) is 0 Å². The maximum absolute atomic E-state index is 9.81. The van der Waals surface area contributed by atoms with Gasteiger partial charge in [-0.25, -0.2) is 0 Å². The van der Waals surface area contributed by atoms with Gasteiger partial charge in [-0.2, -0.15) is 10.5 Å². The van der Waals surface area contributed by atoms with E-state index in [2.05, 4.69) is 62.4 Å². The second-order valence-corrected chi connectivity index (χ2v) is 11.0. The van der Waals surface area contributed by atoms with Crippen LogP contribution in [0.1, 0.15) is 118 Å². The fraction of sp³-hybridized carbons (Fsp3) is 0.562. The van der Waals surface area contributed by atoms with Crippen molar-refractivity contribution in [2.45, 2.75) is 109 Å². The van der Waals surface area contributed by atoms with Gasteiger partial charge in [-0.3, -0.25) is 0 Å². The molecule has 3 fully saturated rings. The molecule has 2 nitrogen and oxygen atoms in total. The number of hydrogen-bond donors (Lipinski definition) is 0. The van der Waals surface area contributed by atoms with Crippen LogP contribution in [0.25, 0.3) is 0 Å². The van der Waals surface area contributed by atoms with E-state index in [-0.39, 0.29) is 0 Å². The maximum Gasteiger partial charge on any atom is 0.101 e. The van der Waals surface area contributed by atoms with Crippen molar-refractivity contribution in [3.63, 3.8) is 0 Å². The van der Waals surface area contributed by atoms with E-state index in [1.807, 2.05) is 0 Å². The minimum absolute atomic E-state index is 0.414. The number of aryl methyl sites for hydroxylation is 3. The minimum atomic E-state index is 0.414. The third-order valence-electron chi connectivity index (χ3n) is 9.08. The van der Waals surface area contributed by atoms with Crippen molar-refractivity contribution in [1.29, 1.82) is 10.5 Å². The van der Waals surface area contributed by atoms with Crippen molar-refractivity contribution in [2.24, 2.45) is 5.41 Å². The molecule has 2 aromatic carbocycles. The van der Waals surface area contributed by atoms with Crippen LogP contribution in [-0.2, 0) is 24.7 Å². The van der Waals surface area contributed by atoms with E-state index < -0.39 is 0 Å². The van der Waals surface area contributed by atoms with Crippen molar-refractivity contribution in [3.05, 3.63) is 69.8 Å². The van der Waals surface area contributed by atoms with Crippen molar-refractivity contribution in [3.8, 4) is 12.1 Å². The Morgan fingerprint density at radius 1 is 0.676 bits per heavy atom. The largest absolute Gasteiger partial charge is 0.192 e. The van der Waals surface area contributed by atoms with Gasteiger partial charge < -0.3 is 0 Å². The van der Waals surface area contributed by atoms with Crippen LogP contribution in [0, 0.1) is 28.1 Å². The topological polar surface area (TPSA) is 47.6 Å². The summed E-state index contributed by atoms with van der Waals surface area (Å²) in [6.07, 6.45) is 17.0. The van der Waals surface area contributed by atoms with E-state index in [0.29, 0.717) is 22.0 Å². The Bertz CT molecular complexity index is 1040. The monoisotopic (exact) mass is 452 g/mol. The first-order chi connectivity index (χ1) is 16.6. The number of unbranched alkanes of at least 4 members (excludes halogenated alkanes) is 2. The fourth-order valence-electron chi connectivity index (χ4n) is 6.83. The summed E-state index contributed by atoms with van der Waals surface area (Å²) >= 11 is 0. The van der Waals surface area contributed by atoms with Gasteiger partial charge in [0.25, 0.3) is 0 Å². The smallest absolute Gasteiger partial charge is 0.101 e.